The number of Topliss-reactive ketones (excluding diaryl/α,β-unsaturated/α-hetero) is 2. The van der Waals surface area contributed by atoms with Crippen LogP contribution in [0.3, 0.4) is 0 Å². The Morgan fingerprint density at radius 2 is 0.682 bits per heavy atom. The second-order valence-electron chi connectivity index (χ2n) is 6.46. The van der Waals surface area contributed by atoms with Crippen LogP contribution in [-0.4, -0.2) is 57.3 Å². The van der Waals surface area contributed by atoms with E-state index in [-0.39, 0.29) is 24.2 Å². The Morgan fingerprint density at radius 3 is 0.818 bits per heavy atom. The molecule has 0 bridgehead atoms. The maximum absolute atomic E-state index is 12.2. The van der Waals surface area contributed by atoms with Gasteiger partial charge in [-0.15, -0.1) is 0 Å². The van der Waals surface area contributed by atoms with Gasteiger partial charge in [-0.25, -0.2) is 0 Å². The minimum atomic E-state index is -1.27. The summed E-state index contributed by atoms with van der Waals surface area (Å²) in [5.74, 6) is -4.37. The lowest BCUT2D eigenvalue weighted by atomic mass is 10.1. The highest BCUT2D eigenvalue weighted by atomic mass is 16.2. The normalized spacial score (nSPS) is 11.3. The van der Waals surface area contributed by atoms with Crippen LogP contribution in [0.4, 0.5) is 0 Å². The lowest BCUT2D eigenvalue weighted by Crippen LogP contribution is -2.52. The van der Waals surface area contributed by atoms with Crippen LogP contribution in [0.1, 0.15) is 55.4 Å². The number of amides is 2. The summed E-state index contributed by atoms with van der Waals surface area (Å²) < 4.78 is 0. The molecule has 0 aromatic rings. The molecule has 0 unspecified atom stereocenters. The Morgan fingerprint density at radius 1 is 0.500 bits per heavy atom. The van der Waals surface area contributed by atoms with Gasteiger partial charge in [-0.2, -0.15) is 0 Å². The van der Waals surface area contributed by atoms with E-state index in [1.54, 1.807) is 55.4 Å². The van der Waals surface area contributed by atoms with Gasteiger partial charge >= 0.3 is 0 Å². The fraction of sp³-hybridized carbons (Fsp3) is 0.750. The predicted molar refractivity (Wildman–Crippen MR) is 84.3 cm³/mol. The molecule has 0 aromatic carbocycles. The lowest BCUT2D eigenvalue weighted by molar-refractivity contribution is -0.157. The van der Waals surface area contributed by atoms with Crippen LogP contribution in [0, 0.1) is 0 Å². The lowest BCUT2D eigenvalue weighted by Gasteiger charge is -2.31. The topological polar surface area (TPSA) is 74.8 Å². The summed E-state index contributed by atoms with van der Waals surface area (Å²) in [5, 5.41) is 0. The number of rotatable bonds is 7. The summed E-state index contributed by atoms with van der Waals surface area (Å²) in [5.41, 5.74) is 0. The summed E-state index contributed by atoms with van der Waals surface area (Å²) >= 11 is 0. The van der Waals surface area contributed by atoms with Crippen LogP contribution >= 0.6 is 0 Å². The standard InChI is InChI=1S/C16H28N2O4/c1-9(2)17(10(3)4)15(21)13(19)14(20)16(22)18(11(5)6)12(7)8/h9-12H,1-8H3. The molecule has 22 heavy (non-hydrogen) atoms. The Kier molecular flexibility index (Phi) is 7.43. The molecule has 0 aliphatic rings. The molecule has 0 rings (SSSR count). The van der Waals surface area contributed by atoms with Gasteiger partial charge in [0.25, 0.3) is 23.4 Å². The molecule has 0 spiro atoms. The molecule has 2 amide bonds. The first-order chi connectivity index (χ1) is 9.93. The van der Waals surface area contributed by atoms with Crippen LogP contribution in [-0.2, 0) is 19.2 Å². The predicted octanol–water partition coefficient (Wildman–Crippen LogP) is 1.42. The van der Waals surface area contributed by atoms with Gasteiger partial charge in [0, 0.05) is 24.2 Å². The summed E-state index contributed by atoms with van der Waals surface area (Å²) in [6.07, 6.45) is 0. The van der Waals surface area contributed by atoms with Crippen molar-refractivity contribution < 1.29 is 19.2 Å². The van der Waals surface area contributed by atoms with Gasteiger partial charge < -0.3 is 9.80 Å². The second kappa shape index (κ2) is 8.06. The third-order valence-electron chi connectivity index (χ3n) is 3.29. The monoisotopic (exact) mass is 312 g/mol. The highest BCUT2D eigenvalue weighted by molar-refractivity contribution is 6.77. The van der Waals surface area contributed by atoms with E-state index in [1.165, 1.54) is 9.80 Å². The molecule has 0 heterocycles. The van der Waals surface area contributed by atoms with Crippen molar-refractivity contribution in [3.8, 4) is 0 Å². The van der Waals surface area contributed by atoms with Crippen molar-refractivity contribution in [2.75, 3.05) is 0 Å². The van der Waals surface area contributed by atoms with Gasteiger partial charge in [0.15, 0.2) is 0 Å². The van der Waals surface area contributed by atoms with Crippen LogP contribution < -0.4 is 0 Å². The SMILES string of the molecule is CC(C)N(C(=O)C(=O)C(=O)C(=O)N(C(C)C)C(C)C)C(C)C. The van der Waals surface area contributed by atoms with E-state index in [0.29, 0.717) is 0 Å². The largest absolute Gasteiger partial charge is 0.331 e. The Balaban J connectivity index is 5.33. The first-order valence-corrected chi connectivity index (χ1v) is 7.67. The zero-order chi connectivity index (χ0) is 17.8. The molecule has 0 saturated heterocycles. The zero-order valence-electron chi connectivity index (χ0n) is 14.8. The van der Waals surface area contributed by atoms with Gasteiger partial charge in [-0.05, 0) is 55.4 Å². The van der Waals surface area contributed by atoms with E-state index < -0.39 is 23.4 Å². The van der Waals surface area contributed by atoms with Gasteiger partial charge in [0.05, 0.1) is 0 Å². The van der Waals surface area contributed by atoms with Crippen LogP contribution in [0.25, 0.3) is 0 Å². The molecule has 0 aliphatic heterocycles. The minimum absolute atomic E-state index is 0.231. The molecule has 0 radical (unpaired) electrons. The van der Waals surface area contributed by atoms with E-state index in [1.807, 2.05) is 0 Å². The number of nitrogens with zero attached hydrogens (tertiary/aromatic N) is 2. The van der Waals surface area contributed by atoms with E-state index in [4.69, 9.17) is 0 Å². The first kappa shape index (κ1) is 20.3. The van der Waals surface area contributed by atoms with E-state index in [9.17, 15) is 19.2 Å². The third-order valence-corrected chi connectivity index (χ3v) is 3.29. The summed E-state index contributed by atoms with van der Waals surface area (Å²) in [6, 6.07) is -0.924. The summed E-state index contributed by atoms with van der Waals surface area (Å²) in [4.78, 5) is 51.2. The minimum Gasteiger partial charge on any atom is -0.331 e. The molecular weight excluding hydrogens is 284 g/mol. The van der Waals surface area contributed by atoms with Gasteiger partial charge in [0.2, 0.25) is 0 Å². The summed E-state index contributed by atoms with van der Waals surface area (Å²) in [7, 11) is 0. The molecule has 0 atom stereocenters. The van der Waals surface area contributed by atoms with Crippen LogP contribution in [0.15, 0.2) is 0 Å². The van der Waals surface area contributed by atoms with Crippen molar-refractivity contribution in [1.29, 1.82) is 0 Å². The maximum Gasteiger partial charge on any atom is 0.299 e. The first-order valence-electron chi connectivity index (χ1n) is 7.67. The van der Waals surface area contributed by atoms with Crippen molar-refractivity contribution in [3.63, 3.8) is 0 Å². The fourth-order valence-corrected chi connectivity index (χ4v) is 2.56. The highest BCUT2D eigenvalue weighted by Gasteiger charge is 2.37. The van der Waals surface area contributed by atoms with E-state index in [2.05, 4.69) is 0 Å². The third kappa shape index (κ3) is 4.64. The van der Waals surface area contributed by atoms with Crippen molar-refractivity contribution in [2.45, 2.75) is 79.6 Å². The molecule has 6 nitrogen and oxygen atoms in total. The van der Waals surface area contributed by atoms with Gasteiger partial charge in [-0.1, -0.05) is 0 Å². The maximum atomic E-state index is 12.2. The molecule has 0 fully saturated rings. The van der Waals surface area contributed by atoms with Crippen molar-refractivity contribution in [2.24, 2.45) is 0 Å². The number of carbonyl (C=O) groups excluding carboxylic acids is 4. The fourth-order valence-electron chi connectivity index (χ4n) is 2.56. The average Bonchev–Trinajstić information content (AvgIpc) is 2.34. The molecule has 0 saturated carbocycles. The average molecular weight is 312 g/mol. The van der Waals surface area contributed by atoms with Gasteiger partial charge in [0.1, 0.15) is 0 Å². The Labute approximate surface area is 132 Å². The molecule has 6 heteroatoms. The molecular formula is C16H28N2O4. The summed E-state index contributed by atoms with van der Waals surface area (Å²) in [6.45, 7) is 14.0. The number of ketones is 2. The van der Waals surface area contributed by atoms with Crippen molar-refractivity contribution >= 4 is 23.4 Å². The number of hydrogen-bond acceptors (Lipinski definition) is 4. The molecule has 126 valence electrons. The Bertz CT molecular complexity index is 395. The highest BCUT2D eigenvalue weighted by Crippen LogP contribution is 2.09. The second-order valence-corrected chi connectivity index (χ2v) is 6.46. The van der Waals surface area contributed by atoms with E-state index >= 15 is 0 Å². The van der Waals surface area contributed by atoms with Crippen LogP contribution in [0.5, 0.6) is 0 Å². The molecule has 0 aromatic heterocycles. The zero-order valence-corrected chi connectivity index (χ0v) is 14.8. The Hall–Kier alpha value is -1.72. The molecule has 0 N–H and O–H groups in total. The van der Waals surface area contributed by atoms with Gasteiger partial charge in [-0.3, -0.25) is 19.2 Å². The van der Waals surface area contributed by atoms with Crippen molar-refractivity contribution in [1.82, 2.24) is 9.80 Å². The van der Waals surface area contributed by atoms with Crippen molar-refractivity contribution in [3.05, 3.63) is 0 Å². The number of carbonyl (C=O) groups is 4. The number of hydrogen-bond donors (Lipinski definition) is 0. The van der Waals surface area contributed by atoms with Crippen LogP contribution in [0.2, 0.25) is 0 Å². The van der Waals surface area contributed by atoms with E-state index in [0.717, 1.165) is 0 Å². The quantitative estimate of drug-likeness (QED) is 0.526. The molecule has 0 aliphatic carbocycles. The smallest absolute Gasteiger partial charge is 0.299 e.